The minimum absolute atomic E-state index is 0.209. The maximum Gasteiger partial charge on any atom is 0.307 e. The smallest absolute Gasteiger partial charge is 0.307 e. The lowest BCUT2D eigenvalue weighted by Gasteiger charge is -2.09. The molecule has 3 rings (SSSR count). The Morgan fingerprint density at radius 3 is 2.48 bits per heavy atom. The fourth-order valence-electron chi connectivity index (χ4n) is 2.53. The maximum absolute atomic E-state index is 14.2. The molecule has 0 saturated carbocycles. The van der Waals surface area contributed by atoms with Gasteiger partial charge >= 0.3 is 5.97 Å². The number of hydrogen-bond acceptors (Lipinski definition) is 1. The van der Waals surface area contributed by atoms with Crippen LogP contribution in [0, 0.1) is 5.82 Å². The molecule has 0 aliphatic heterocycles. The highest BCUT2D eigenvalue weighted by molar-refractivity contribution is 6.49. The van der Waals surface area contributed by atoms with E-state index in [1.807, 2.05) is 0 Å². The summed E-state index contributed by atoms with van der Waals surface area (Å²) in [5.74, 6) is -1.54. The van der Waals surface area contributed by atoms with Gasteiger partial charge in [0.05, 0.1) is 27.0 Å². The Morgan fingerprint density at radius 1 is 1.09 bits per heavy atom. The largest absolute Gasteiger partial charge is 0.481 e. The number of rotatable bonds is 3. The average molecular weight is 373 g/mol. The molecular weight excluding hydrogens is 364 g/mol. The molecule has 0 bridgehead atoms. The summed E-state index contributed by atoms with van der Waals surface area (Å²) < 4.78 is 14.2. The summed E-state index contributed by atoms with van der Waals surface area (Å²) in [6.07, 6.45) is 1.20. The van der Waals surface area contributed by atoms with E-state index in [0.29, 0.717) is 27.2 Å². The van der Waals surface area contributed by atoms with Crippen LogP contribution in [-0.2, 0) is 11.2 Å². The topological polar surface area (TPSA) is 53.1 Å². The molecule has 0 aliphatic carbocycles. The predicted molar refractivity (Wildman–Crippen MR) is 90.1 cm³/mol. The van der Waals surface area contributed by atoms with Crippen LogP contribution < -0.4 is 0 Å². The zero-order chi connectivity index (χ0) is 16.7. The van der Waals surface area contributed by atoms with Crippen molar-refractivity contribution in [3.05, 3.63) is 56.9 Å². The standard InChI is InChI=1S/C16H9Cl3FNO2/c17-10-3-1-8(14(18)15(10)19)9-2-4-11(20)13-7(5-12(22)23)6-21-16(9)13/h1-4,6,21H,5H2,(H,22,23). The quantitative estimate of drug-likeness (QED) is 0.591. The molecule has 0 amide bonds. The molecule has 1 aromatic heterocycles. The average Bonchev–Trinajstić information content (AvgIpc) is 2.90. The van der Waals surface area contributed by atoms with Gasteiger partial charge in [-0.3, -0.25) is 4.79 Å². The minimum atomic E-state index is -1.04. The number of nitrogens with one attached hydrogen (secondary N) is 1. The van der Waals surface area contributed by atoms with Crippen molar-refractivity contribution in [3.63, 3.8) is 0 Å². The van der Waals surface area contributed by atoms with Crippen molar-refractivity contribution in [1.29, 1.82) is 0 Å². The number of H-pyrrole nitrogens is 1. The van der Waals surface area contributed by atoms with Crippen molar-refractivity contribution in [2.75, 3.05) is 0 Å². The van der Waals surface area contributed by atoms with Gasteiger partial charge in [-0.1, -0.05) is 40.9 Å². The first-order valence-electron chi connectivity index (χ1n) is 6.54. The Bertz CT molecular complexity index is 937. The first kappa shape index (κ1) is 16.1. The van der Waals surface area contributed by atoms with Crippen LogP contribution in [0.1, 0.15) is 5.56 Å². The summed E-state index contributed by atoms with van der Waals surface area (Å²) in [4.78, 5) is 13.8. The van der Waals surface area contributed by atoms with Crippen LogP contribution in [-0.4, -0.2) is 16.1 Å². The van der Waals surface area contributed by atoms with E-state index in [-0.39, 0.29) is 21.9 Å². The van der Waals surface area contributed by atoms with Crippen molar-refractivity contribution in [3.8, 4) is 11.1 Å². The van der Waals surface area contributed by atoms with Crippen molar-refractivity contribution in [2.24, 2.45) is 0 Å². The van der Waals surface area contributed by atoms with Crippen LogP contribution in [0.15, 0.2) is 30.5 Å². The Morgan fingerprint density at radius 2 is 1.78 bits per heavy atom. The molecule has 0 saturated heterocycles. The number of aliphatic carboxylic acids is 1. The minimum Gasteiger partial charge on any atom is -0.481 e. The molecule has 0 spiro atoms. The molecular formula is C16H9Cl3FNO2. The van der Waals surface area contributed by atoms with Gasteiger partial charge in [-0.15, -0.1) is 0 Å². The van der Waals surface area contributed by atoms with Crippen molar-refractivity contribution in [2.45, 2.75) is 6.42 Å². The lowest BCUT2D eigenvalue weighted by molar-refractivity contribution is -0.136. The second-order valence-corrected chi connectivity index (χ2v) is 6.12. The van der Waals surface area contributed by atoms with Gasteiger partial charge in [-0.05, 0) is 23.8 Å². The molecule has 0 fully saturated rings. The molecule has 0 atom stereocenters. The summed E-state index contributed by atoms with van der Waals surface area (Å²) in [7, 11) is 0. The van der Waals surface area contributed by atoms with Crippen LogP contribution in [0.2, 0.25) is 15.1 Å². The highest BCUT2D eigenvalue weighted by Crippen LogP contribution is 2.41. The van der Waals surface area contributed by atoms with Crippen LogP contribution in [0.25, 0.3) is 22.0 Å². The predicted octanol–water partition coefficient (Wildman–Crippen LogP) is 5.56. The summed E-state index contributed by atoms with van der Waals surface area (Å²) in [5.41, 5.74) is 2.01. The zero-order valence-electron chi connectivity index (χ0n) is 11.5. The van der Waals surface area contributed by atoms with E-state index in [0.717, 1.165) is 0 Å². The third kappa shape index (κ3) is 2.78. The van der Waals surface area contributed by atoms with Gasteiger partial charge in [0.2, 0.25) is 0 Å². The summed E-state index contributed by atoms with van der Waals surface area (Å²) in [6, 6.07) is 6.11. The Balaban J connectivity index is 2.28. The zero-order valence-corrected chi connectivity index (χ0v) is 13.7. The van der Waals surface area contributed by atoms with Gasteiger partial charge in [0.25, 0.3) is 0 Å². The first-order chi connectivity index (χ1) is 10.9. The molecule has 2 aromatic carbocycles. The van der Waals surface area contributed by atoms with Gasteiger partial charge in [-0.25, -0.2) is 4.39 Å². The second-order valence-electron chi connectivity index (χ2n) is 4.95. The van der Waals surface area contributed by atoms with Crippen molar-refractivity contribution < 1.29 is 14.3 Å². The van der Waals surface area contributed by atoms with Gasteiger partial charge in [-0.2, -0.15) is 0 Å². The monoisotopic (exact) mass is 371 g/mol. The Hall–Kier alpha value is -1.75. The van der Waals surface area contributed by atoms with Gasteiger partial charge < -0.3 is 10.1 Å². The van der Waals surface area contributed by atoms with Crippen molar-refractivity contribution >= 4 is 51.7 Å². The highest BCUT2D eigenvalue weighted by Gasteiger charge is 2.18. The second kappa shape index (κ2) is 6.04. The lowest BCUT2D eigenvalue weighted by Crippen LogP contribution is -1.99. The number of aromatic amines is 1. The fourth-order valence-corrected chi connectivity index (χ4v) is 3.17. The first-order valence-corrected chi connectivity index (χ1v) is 7.67. The molecule has 7 heteroatoms. The van der Waals surface area contributed by atoms with E-state index in [4.69, 9.17) is 39.9 Å². The molecule has 3 aromatic rings. The molecule has 23 heavy (non-hydrogen) atoms. The molecule has 0 unspecified atom stereocenters. The Labute approximate surface area is 145 Å². The number of carboxylic acids is 1. The summed E-state index contributed by atoms with van der Waals surface area (Å²) >= 11 is 18.2. The van der Waals surface area contributed by atoms with Crippen LogP contribution in [0.4, 0.5) is 4.39 Å². The van der Waals surface area contributed by atoms with Crippen molar-refractivity contribution in [1.82, 2.24) is 4.98 Å². The van der Waals surface area contributed by atoms with Gasteiger partial charge in [0, 0.05) is 22.7 Å². The molecule has 118 valence electrons. The summed E-state index contributed by atoms with van der Waals surface area (Å²) in [6.45, 7) is 0. The molecule has 1 heterocycles. The third-order valence-electron chi connectivity index (χ3n) is 3.53. The number of fused-ring (bicyclic) bond motifs is 1. The lowest BCUT2D eigenvalue weighted by atomic mass is 10.0. The molecule has 0 aliphatic rings. The Kier molecular flexibility index (Phi) is 4.23. The van der Waals surface area contributed by atoms with E-state index in [9.17, 15) is 9.18 Å². The maximum atomic E-state index is 14.2. The number of benzene rings is 2. The van der Waals surface area contributed by atoms with E-state index in [1.54, 1.807) is 18.2 Å². The van der Waals surface area contributed by atoms with E-state index in [1.165, 1.54) is 12.3 Å². The number of hydrogen-bond donors (Lipinski definition) is 2. The van der Waals surface area contributed by atoms with E-state index >= 15 is 0 Å². The number of halogens is 4. The normalized spacial score (nSPS) is 11.1. The summed E-state index contributed by atoms with van der Waals surface area (Å²) in [5, 5.41) is 9.95. The number of carboxylic acid groups (broad SMARTS) is 1. The third-order valence-corrected chi connectivity index (χ3v) is 4.83. The number of aromatic nitrogens is 1. The number of carbonyl (C=O) groups is 1. The van der Waals surface area contributed by atoms with E-state index < -0.39 is 11.8 Å². The van der Waals surface area contributed by atoms with Gasteiger partial charge in [0.15, 0.2) is 0 Å². The highest BCUT2D eigenvalue weighted by atomic mass is 35.5. The van der Waals surface area contributed by atoms with E-state index in [2.05, 4.69) is 4.98 Å². The van der Waals surface area contributed by atoms with Crippen LogP contribution in [0.3, 0.4) is 0 Å². The molecule has 2 N–H and O–H groups in total. The fraction of sp³-hybridized carbons (Fsp3) is 0.0625. The van der Waals surface area contributed by atoms with Gasteiger partial charge in [0.1, 0.15) is 5.82 Å². The SMILES string of the molecule is O=C(O)Cc1c[nH]c2c(-c3ccc(Cl)c(Cl)c3Cl)ccc(F)c12. The van der Waals surface area contributed by atoms with Crippen LogP contribution >= 0.6 is 34.8 Å². The molecule has 3 nitrogen and oxygen atoms in total. The van der Waals surface area contributed by atoms with Crippen LogP contribution in [0.5, 0.6) is 0 Å². The molecule has 0 radical (unpaired) electrons.